The van der Waals surface area contributed by atoms with Crippen LogP contribution in [-0.4, -0.2) is 23.2 Å². The maximum absolute atomic E-state index is 11.5. The second kappa shape index (κ2) is 6.10. The van der Waals surface area contributed by atoms with Crippen LogP contribution in [0.2, 0.25) is 0 Å². The van der Waals surface area contributed by atoms with Crippen molar-refractivity contribution < 1.29 is 24.2 Å². The van der Waals surface area contributed by atoms with Crippen molar-refractivity contribution in [3.63, 3.8) is 0 Å². The number of nitro groups is 1. The molecule has 0 fully saturated rings. The Morgan fingerprint density at radius 1 is 1.22 bits per heavy atom. The van der Waals surface area contributed by atoms with Crippen LogP contribution in [0.3, 0.4) is 0 Å². The first-order valence-electron chi connectivity index (χ1n) is 7.98. The molecule has 2 aliphatic rings. The van der Waals surface area contributed by atoms with E-state index in [9.17, 15) is 20.5 Å². The summed E-state index contributed by atoms with van der Waals surface area (Å²) in [5, 5.41) is 30.8. The van der Waals surface area contributed by atoms with E-state index in [0.29, 0.717) is 11.1 Å². The Morgan fingerprint density at radius 2 is 2.00 bits per heavy atom. The minimum atomic E-state index is -0.714. The standard InChI is InChI=1S/C18H13N3O6/c19-8-12-16(11-2-1-10(22)7-14(11)27-18(12)20)9-5-13(21(23)24)17-15(6-9)25-3-4-26-17/h1-2,5-7,16,22H,3-4,20H2. The molecule has 0 saturated carbocycles. The molecule has 0 aliphatic carbocycles. The van der Waals surface area contributed by atoms with Gasteiger partial charge in [-0.15, -0.1) is 0 Å². The Morgan fingerprint density at radius 3 is 2.74 bits per heavy atom. The summed E-state index contributed by atoms with van der Waals surface area (Å²) in [6.07, 6.45) is 0. The van der Waals surface area contributed by atoms with E-state index in [1.54, 1.807) is 12.1 Å². The lowest BCUT2D eigenvalue weighted by Gasteiger charge is -2.27. The van der Waals surface area contributed by atoms with Gasteiger partial charge in [0.1, 0.15) is 36.4 Å². The Kier molecular flexibility index (Phi) is 3.74. The van der Waals surface area contributed by atoms with Gasteiger partial charge in [0.15, 0.2) is 5.75 Å². The molecule has 9 nitrogen and oxygen atoms in total. The number of allylic oxidation sites excluding steroid dienone is 1. The van der Waals surface area contributed by atoms with Crippen LogP contribution in [0.4, 0.5) is 5.69 Å². The number of nitro benzene ring substituents is 1. The van der Waals surface area contributed by atoms with Crippen LogP contribution in [-0.2, 0) is 0 Å². The lowest BCUT2D eigenvalue weighted by atomic mass is 9.83. The molecule has 2 aromatic carbocycles. The zero-order chi connectivity index (χ0) is 19.1. The fourth-order valence-electron chi connectivity index (χ4n) is 3.25. The first kappa shape index (κ1) is 16.5. The Bertz CT molecular complexity index is 1040. The van der Waals surface area contributed by atoms with Crippen LogP contribution >= 0.6 is 0 Å². The van der Waals surface area contributed by atoms with Gasteiger partial charge < -0.3 is 25.1 Å². The van der Waals surface area contributed by atoms with Crippen LogP contribution in [0.25, 0.3) is 0 Å². The van der Waals surface area contributed by atoms with Crippen LogP contribution in [0, 0.1) is 21.4 Å². The summed E-state index contributed by atoms with van der Waals surface area (Å²) >= 11 is 0. The second-order valence-electron chi connectivity index (χ2n) is 5.97. The van der Waals surface area contributed by atoms with Gasteiger partial charge in [0.2, 0.25) is 11.6 Å². The van der Waals surface area contributed by atoms with Gasteiger partial charge >= 0.3 is 5.69 Å². The summed E-state index contributed by atoms with van der Waals surface area (Å²) in [4.78, 5) is 11.0. The molecule has 0 bridgehead atoms. The number of nitriles is 1. The number of aromatic hydroxyl groups is 1. The van der Waals surface area contributed by atoms with E-state index < -0.39 is 10.8 Å². The molecular formula is C18H13N3O6. The largest absolute Gasteiger partial charge is 0.508 e. The van der Waals surface area contributed by atoms with E-state index >= 15 is 0 Å². The Balaban J connectivity index is 1.96. The lowest BCUT2D eigenvalue weighted by molar-refractivity contribution is -0.386. The molecule has 0 aromatic heterocycles. The zero-order valence-electron chi connectivity index (χ0n) is 13.8. The molecule has 0 radical (unpaired) electrons. The highest BCUT2D eigenvalue weighted by Gasteiger charge is 2.34. The van der Waals surface area contributed by atoms with Crippen LogP contribution in [0.5, 0.6) is 23.0 Å². The van der Waals surface area contributed by atoms with E-state index in [2.05, 4.69) is 0 Å². The third-order valence-electron chi connectivity index (χ3n) is 4.38. The molecule has 27 heavy (non-hydrogen) atoms. The topological polar surface area (TPSA) is 141 Å². The molecular weight excluding hydrogens is 354 g/mol. The van der Waals surface area contributed by atoms with Gasteiger partial charge in [-0.25, -0.2) is 0 Å². The molecule has 1 atom stereocenters. The number of fused-ring (bicyclic) bond motifs is 2. The Labute approximate surface area is 152 Å². The molecule has 136 valence electrons. The first-order chi connectivity index (χ1) is 13.0. The van der Waals surface area contributed by atoms with Crippen molar-refractivity contribution in [3.05, 3.63) is 63.0 Å². The van der Waals surface area contributed by atoms with Crippen molar-refractivity contribution in [1.82, 2.24) is 0 Å². The third-order valence-corrected chi connectivity index (χ3v) is 4.38. The number of benzene rings is 2. The highest BCUT2D eigenvalue weighted by molar-refractivity contribution is 5.64. The molecule has 2 aromatic rings. The van der Waals surface area contributed by atoms with E-state index in [1.807, 2.05) is 6.07 Å². The number of nitrogens with zero attached hydrogens (tertiary/aromatic N) is 2. The summed E-state index contributed by atoms with van der Waals surface area (Å²) in [5.74, 6) is -0.313. The monoisotopic (exact) mass is 367 g/mol. The summed E-state index contributed by atoms with van der Waals surface area (Å²) in [6, 6.07) is 9.34. The molecule has 2 aliphatic heterocycles. The van der Waals surface area contributed by atoms with Gasteiger partial charge in [-0.2, -0.15) is 5.26 Å². The third kappa shape index (κ3) is 2.64. The van der Waals surface area contributed by atoms with Gasteiger partial charge in [-0.05, 0) is 17.7 Å². The van der Waals surface area contributed by atoms with E-state index in [1.165, 1.54) is 18.2 Å². The molecule has 1 unspecified atom stereocenters. The van der Waals surface area contributed by atoms with Crippen molar-refractivity contribution in [2.24, 2.45) is 5.73 Å². The smallest absolute Gasteiger partial charge is 0.315 e. The van der Waals surface area contributed by atoms with Crippen molar-refractivity contribution in [3.8, 4) is 29.1 Å². The predicted molar refractivity (Wildman–Crippen MR) is 91.5 cm³/mol. The number of hydrogen-bond donors (Lipinski definition) is 2. The molecule has 0 spiro atoms. The van der Waals surface area contributed by atoms with Gasteiger partial charge in [0.25, 0.3) is 0 Å². The van der Waals surface area contributed by atoms with Crippen LogP contribution in [0.1, 0.15) is 17.0 Å². The number of ether oxygens (including phenoxy) is 3. The summed E-state index contributed by atoms with van der Waals surface area (Å²) in [6.45, 7) is 0.470. The maximum Gasteiger partial charge on any atom is 0.315 e. The Hall–Kier alpha value is -3.93. The van der Waals surface area contributed by atoms with Crippen LogP contribution in [0.15, 0.2) is 41.8 Å². The minimum absolute atomic E-state index is 0.0335. The molecule has 4 rings (SSSR count). The number of hydrogen-bond acceptors (Lipinski definition) is 8. The quantitative estimate of drug-likeness (QED) is 0.608. The first-order valence-corrected chi connectivity index (χ1v) is 7.98. The fourth-order valence-corrected chi connectivity index (χ4v) is 3.25. The average Bonchev–Trinajstić information content (AvgIpc) is 2.65. The SMILES string of the molecule is N#CC1=C(N)Oc2cc(O)ccc2C1c1cc2c(c([N+](=O)[O-])c1)OCCO2. The van der Waals surface area contributed by atoms with E-state index in [4.69, 9.17) is 19.9 Å². The van der Waals surface area contributed by atoms with E-state index in [0.717, 1.165) is 0 Å². The molecule has 0 saturated heterocycles. The lowest BCUT2D eigenvalue weighted by Crippen LogP contribution is -2.22. The molecule has 0 amide bonds. The van der Waals surface area contributed by atoms with Crippen LogP contribution < -0.4 is 19.9 Å². The van der Waals surface area contributed by atoms with Gasteiger partial charge in [0.05, 0.1) is 10.8 Å². The molecule has 9 heteroatoms. The van der Waals surface area contributed by atoms with Gasteiger partial charge in [0, 0.05) is 17.7 Å². The van der Waals surface area contributed by atoms with Crippen molar-refractivity contribution in [1.29, 1.82) is 5.26 Å². The summed E-state index contributed by atoms with van der Waals surface area (Å²) < 4.78 is 16.4. The normalized spacial score (nSPS) is 17.5. The molecule has 3 N–H and O–H groups in total. The molecule has 2 heterocycles. The fraction of sp³-hybridized carbons (Fsp3) is 0.167. The number of rotatable bonds is 2. The highest BCUT2D eigenvalue weighted by Crippen LogP contribution is 2.48. The van der Waals surface area contributed by atoms with Crippen molar-refractivity contribution >= 4 is 5.69 Å². The second-order valence-corrected chi connectivity index (χ2v) is 5.97. The predicted octanol–water partition coefficient (Wildman–Crippen LogP) is 2.29. The zero-order valence-corrected chi connectivity index (χ0v) is 13.8. The number of phenols is 1. The van der Waals surface area contributed by atoms with Gasteiger partial charge in [-0.1, -0.05) is 6.07 Å². The summed E-state index contributed by atoms with van der Waals surface area (Å²) in [5.41, 5.74) is 6.71. The number of nitrogens with two attached hydrogens (primary N) is 1. The maximum atomic E-state index is 11.5. The van der Waals surface area contributed by atoms with Gasteiger partial charge in [-0.3, -0.25) is 10.1 Å². The highest BCUT2D eigenvalue weighted by atomic mass is 16.6. The summed E-state index contributed by atoms with van der Waals surface area (Å²) in [7, 11) is 0. The van der Waals surface area contributed by atoms with E-state index in [-0.39, 0.29) is 53.4 Å². The number of phenolic OH excluding ortho intramolecular Hbond substituents is 1. The average molecular weight is 367 g/mol. The van der Waals surface area contributed by atoms with Crippen molar-refractivity contribution in [2.45, 2.75) is 5.92 Å². The van der Waals surface area contributed by atoms with Crippen molar-refractivity contribution in [2.75, 3.05) is 13.2 Å². The minimum Gasteiger partial charge on any atom is -0.508 e.